The minimum absolute atomic E-state index is 0.184. The zero-order chi connectivity index (χ0) is 17.7. The van der Waals surface area contributed by atoms with Gasteiger partial charge in [0, 0.05) is 6.07 Å². The molecule has 0 spiro atoms. The predicted octanol–water partition coefficient (Wildman–Crippen LogP) is 2.32. The second-order valence-electron chi connectivity index (χ2n) is 5.64. The smallest absolute Gasteiger partial charge is 0.331 e. The van der Waals surface area contributed by atoms with E-state index in [9.17, 15) is 14.9 Å². The Morgan fingerprint density at radius 3 is 2.83 bits per heavy atom. The zero-order valence-electron chi connectivity index (χ0n) is 13.6. The molecule has 0 amide bonds. The van der Waals surface area contributed by atoms with Gasteiger partial charge in [-0.3, -0.25) is 10.1 Å². The molecule has 0 aromatic heterocycles. The van der Waals surface area contributed by atoms with Gasteiger partial charge >= 0.3 is 11.7 Å². The molecule has 1 unspecified atom stereocenters. The van der Waals surface area contributed by atoms with Gasteiger partial charge in [-0.2, -0.15) is 15.6 Å². The van der Waals surface area contributed by atoms with Crippen LogP contribution in [0, 0.1) is 10.1 Å². The highest BCUT2D eigenvalue weighted by Gasteiger charge is 2.38. The highest BCUT2D eigenvalue weighted by Crippen LogP contribution is 2.32. The number of hydrogen-bond donors (Lipinski definition) is 2. The van der Waals surface area contributed by atoms with E-state index in [1.165, 1.54) is 30.4 Å². The lowest BCUT2D eigenvalue weighted by Gasteiger charge is -2.21. The first-order valence-electron chi connectivity index (χ1n) is 7.65. The standard InChI is InChI=1S/C15H20N4O5/c1-3-4-5-8-24-13-7-6-11(9-12(13)19(22)23)18-16-10-15(2,17-18)14(20)21/h6-7,9-10,17H,3-5,8H2,1-2H3,(H,20,21). The van der Waals surface area contributed by atoms with Gasteiger partial charge in [-0.1, -0.05) is 19.8 Å². The minimum Gasteiger partial charge on any atom is -0.487 e. The SMILES string of the molecule is CCCCCOc1ccc(N2N=CC(C)(C(=O)O)N2)cc1[N+](=O)[O-]. The van der Waals surface area contributed by atoms with E-state index in [0.29, 0.717) is 12.3 Å². The van der Waals surface area contributed by atoms with Crippen LogP contribution in [0.2, 0.25) is 0 Å². The Kier molecular flexibility index (Phi) is 5.35. The molecule has 1 heterocycles. The van der Waals surface area contributed by atoms with Crippen LogP contribution < -0.4 is 15.3 Å². The van der Waals surface area contributed by atoms with E-state index in [1.807, 2.05) is 0 Å². The molecule has 1 aromatic rings. The zero-order valence-corrected chi connectivity index (χ0v) is 13.6. The third-order valence-corrected chi connectivity index (χ3v) is 3.60. The first-order valence-corrected chi connectivity index (χ1v) is 7.65. The van der Waals surface area contributed by atoms with Crippen molar-refractivity contribution in [1.82, 2.24) is 5.43 Å². The molecule has 2 N–H and O–H groups in total. The maximum absolute atomic E-state index is 11.3. The summed E-state index contributed by atoms with van der Waals surface area (Å²) in [5, 5.41) is 25.6. The molecule has 0 saturated heterocycles. The average Bonchev–Trinajstić information content (AvgIpc) is 2.95. The quantitative estimate of drug-likeness (QED) is 0.425. The van der Waals surface area contributed by atoms with Gasteiger partial charge < -0.3 is 9.84 Å². The number of unbranched alkanes of at least 4 members (excludes halogenated alkanes) is 2. The highest BCUT2D eigenvalue weighted by molar-refractivity contribution is 6.00. The van der Waals surface area contributed by atoms with E-state index in [4.69, 9.17) is 9.84 Å². The number of nitro groups is 1. The van der Waals surface area contributed by atoms with E-state index >= 15 is 0 Å². The number of rotatable bonds is 8. The molecule has 1 aromatic carbocycles. The number of hydrazone groups is 1. The number of nitrogens with zero attached hydrogens (tertiary/aromatic N) is 3. The Morgan fingerprint density at radius 1 is 1.50 bits per heavy atom. The van der Waals surface area contributed by atoms with E-state index in [-0.39, 0.29) is 11.4 Å². The average molecular weight is 336 g/mol. The van der Waals surface area contributed by atoms with Crippen LogP contribution in [0.15, 0.2) is 23.3 Å². The molecule has 24 heavy (non-hydrogen) atoms. The van der Waals surface area contributed by atoms with Crippen molar-refractivity contribution < 1.29 is 19.6 Å². The van der Waals surface area contributed by atoms with Gasteiger partial charge in [0.2, 0.25) is 0 Å². The van der Waals surface area contributed by atoms with Crippen LogP contribution in [-0.2, 0) is 4.79 Å². The number of nitro benzene ring substituents is 1. The summed E-state index contributed by atoms with van der Waals surface area (Å²) in [5.41, 5.74) is 1.48. The van der Waals surface area contributed by atoms with Crippen molar-refractivity contribution in [2.24, 2.45) is 5.10 Å². The van der Waals surface area contributed by atoms with E-state index in [0.717, 1.165) is 19.3 Å². The van der Waals surface area contributed by atoms with Crippen molar-refractivity contribution in [3.8, 4) is 5.75 Å². The van der Waals surface area contributed by atoms with Crippen LogP contribution in [0.1, 0.15) is 33.1 Å². The number of benzene rings is 1. The molecular weight excluding hydrogens is 316 g/mol. The molecule has 0 saturated carbocycles. The number of carboxylic acid groups (broad SMARTS) is 1. The predicted molar refractivity (Wildman–Crippen MR) is 88.3 cm³/mol. The molecule has 1 atom stereocenters. The summed E-state index contributed by atoms with van der Waals surface area (Å²) < 4.78 is 5.48. The summed E-state index contributed by atoms with van der Waals surface area (Å²) in [6, 6.07) is 4.38. The van der Waals surface area contributed by atoms with Gasteiger partial charge in [0.25, 0.3) is 0 Å². The summed E-state index contributed by atoms with van der Waals surface area (Å²) >= 11 is 0. The van der Waals surface area contributed by atoms with Gasteiger partial charge in [0.1, 0.15) is 0 Å². The molecule has 9 heteroatoms. The monoisotopic (exact) mass is 336 g/mol. The van der Waals surface area contributed by atoms with E-state index in [2.05, 4.69) is 17.5 Å². The number of anilines is 1. The Balaban J connectivity index is 2.16. The summed E-state index contributed by atoms with van der Waals surface area (Å²) in [7, 11) is 0. The van der Waals surface area contributed by atoms with Crippen LogP contribution in [0.4, 0.5) is 11.4 Å². The highest BCUT2D eigenvalue weighted by atomic mass is 16.6. The van der Waals surface area contributed by atoms with Crippen LogP contribution in [0.3, 0.4) is 0 Å². The number of carboxylic acids is 1. The maximum Gasteiger partial charge on any atom is 0.331 e. The number of aliphatic carboxylic acids is 1. The van der Waals surface area contributed by atoms with Crippen molar-refractivity contribution in [3.63, 3.8) is 0 Å². The van der Waals surface area contributed by atoms with Crippen molar-refractivity contribution >= 4 is 23.6 Å². The molecular formula is C15H20N4O5. The Morgan fingerprint density at radius 2 is 2.25 bits per heavy atom. The van der Waals surface area contributed by atoms with Gasteiger partial charge in [0.15, 0.2) is 11.3 Å². The third-order valence-electron chi connectivity index (χ3n) is 3.60. The fourth-order valence-corrected chi connectivity index (χ4v) is 2.12. The fraction of sp³-hybridized carbons (Fsp3) is 0.467. The van der Waals surface area contributed by atoms with Gasteiger partial charge in [-0.05, 0) is 25.5 Å². The first-order chi connectivity index (χ1) is 11.4. The number of hydrogen-bond acceptors (Lipinski definition) is 7. The number of hydrazine groups is 1. The van der Waals surface area contributed by atoms with Crippen LogP contribution >= 0.6 is 0 Å². The number of nitrogens with one attached hydrogen (secondary N) is 1. The molecule has 0 aliphatic carbocycles. The van der Waals surface area contributed by atoms with Crippen LogP contribution in [0.5, 0.6) is 5.75 Å². The van der Waals surface area contributed by atoms with Crippen molar-refractivity contribution in [2.45, 2.75) is 38.6 Å². The Bertz CT molecular complexity index is 663. The summed E-state index contributed by atoms with van der Waals surface area (Å²) in [5.74, 6) is -0.914. The fourth-order valence-electron chi connectivity index (χ4n) is 2.12. The summed E-state index contributed by atoms with van der Waals surface area (Å²) in [6.07, 6.45) is 4.08. The van der Waals surface area contributed by atoms with E-state index in [1.54, 1.807) is 6.07 Å². The summed E-state index contributed by atoms with van der Waals surface area (Å²) in [6.45, 7) is 3.91. The Labute approximate surface area is 139 Å². The first kappa shape index (κ1) is 17.7. The molecule has 9 nitrogen and oxygen atoms in total. The molecule has 0 radical (unpaired) electrons. The van der Waals surface area contributed by atoms with Crippen molar-refractivity contribution in [2.75, 3.05) is 11.7 Å². The van der Waals surface area contributed by atoms with Crippen LogP contribution in [0.25, 0.3) is 0 Å². The molecule has 1 aliphatic heterocycles. The topological polar surface area (TPSA) is 117 Å². The minimum atomic E-state index is -1.36. The molecule has 0 fully saturated rings. The van der Waals surface area contributed by atoms with Gasteiger partial charge in [-0.25, -0.2) is 4.79 Å². The number of carbonyl (C=O) groups is 1. The molecule has 2 rings (SSSR count). The second kappa shape index (κ2) is 7.26. The Hall–Kier alpha value is -2.68. The van der Waals surface area contributed by atoms with Gasteiger partial charge in [0.05, 0.1) is 23.4 Å². The maximum atomic E-state index is 11.3. The molecule has 130 valence electrons. The van der Waals surface area contributed by atoms with E-state index < -0.39 is 16.4 Å². The van der Waals surface area contributed by atoms with Crippen LogP contribution in [-0.4, -0.2) is 34.4 Å². The largest absolute Gasteiger partial charge is 0.487 e. The number of ether oxygens (including phenoxy) is 1. The normalized spacial score (nSPS) is 19.5. The molecule has 0 bridgehead atoms. The lowest BCUT2D eigenvalue weighted by Crippen LogP contribution is -2.51. The van der Waals surface area contributed by atoms with Crippen molar-refractivity contribution in [1.29, 1.82) is 0 Å². The third kappa shape index (κ3) is 3.80. The van der Waals surface area contributed by atoms with Crippen molar-refractivity contribution in [3.05, 3.63) is 28.3 Å². The lowest BCUT2D eigenvalue weighted by molar-refractivity contribution is -0.385. The molecule has 1 aliphatic rings. The van der Waals surface area contributed by atoms with Gasteiger partial charge in [-0.15, -0.1) is 0 Å². The summed E-state index contributed by atoms with van der Waals surface area (Å²) in [4.78, 5) is 21.9. The lowest BCUT2D eigenvalue weighted by atomic mass is 10.1. The second-order valence-corrected chi connectivity index (χ2v) is 5.64.